The van der Waals surface area contributed by atoms with E-state index in [2.05, 4.69) is 22.6 Å². The van der Waals surface area contributed by atoms with Crippen LogP contribution in [0.1, 0.15) is 17.3 Å². The molecule has 5 heteroatoms. The van der Waals surface area contributed by atoms with Crippen molar-refractivity contribution < 1.29 is 9.53 Å². The van der Waals surface area contributed by atoms with E-state index in [1.807, 2.05) is 12.1 Å². The Morgan fingerprint density at radius 3 is 2.67 bits per heavy atom. The van der Waals surface area contributed by atoms with Gasteiger partial charge in [-0.15, -0.1) is 0 Å². The van der Waals surface area contributed by atoms with Gasteiger partial charge in [-0.25, -0.2) is 4.79 Å². The summed E-state index contributed by atoms with van der Waals surface area (Å²) >= 11 is 14.2. The zero-order valence-electron chi connectivity index (χ0n) is 9.47. The van der Waals surface area contributed by atoms with E-state index in [0.29, 0.717) is 22.2 Å². The van der Waals surface area contributed by atoms with Crippen molar-refractivity contribution in [2.75, 3.05) is 6.61 Å². The van der Waals surface area contributed by atoms with Gasteiger partial charge in [-0.05, 0) is 59.2 Å². The Balaban J connectivity index is 2.64. The van der Waals surface area contributed by atoms with Gasteiger partial charge in [0.1, 0.15) is 0 Å². The van der Waals surface area contributed by atoms with Crippen LogP contribution in [0.2, 0.25) is 10.0 Å². The Hall–Kier alpha value is -0.520. The van der Waals surface area contributed by atoms with Gasteiger partial charge >= 0.3 is 5.97 Å². The number of hydrogen-bond donors (Lipinski definition) is 0. The summed E-state index contributed by atoms with van der Waals surface area (Å²) in [7, 11) is 0. The van der Waals surface area contributed by atoms with Crippen LogP contribution in [0.4, 0.5) is 0 Å². The van der Waals surface area contributed by atoms with E-state index in [9.17, 15) is 4.79 Å². The highest BCUT2D eigenvalue weighted by Crippen LogP contribution is 2.31. The Morgan fingerprint density at radius 1 is 1.28 bits per heavy atom. The Labute approximate surface area is 128 Å². The van der Waals surface area contributed by atoms with Crippen LogP contribution in [0.15, 0.2) is 24.3 Å². The van der Waals surface area contributed by atoms with Crippen LogP contribution in [0.5, 0.6) is 0 Å². The van der Waals surface area contributed by atoms with E-state index < -0.39 is 0 Å². The number of carbonyl (C=O) groups is 1. The predicted molar refractivity (Wildman–Crippen MR) is 82.6 cm³/mol. The number of fused-ring (bicyclic) bond motifs is 1. The number of rotatable bonds is 2. The Bertz CT molecular complexity index is 626. The first kappa shape index (κ1) is 13.9. The van der Waals surface area contributed by atoms with Crippen molar-refractivity contribution in [2.24, 2.45) is 0 Å². The molecular formula is C13H9Cl2IO2. The molecule has 2 nitrogen and oxygen atoms in total. The number of ether oxygens (including phenoxy) is 1. The van der Waals surface area contributed by atoms with Crippen molar-refractivity contribution in [3.63, 3.8) is 0 Å². The summed E-state index contributed by atoms with van der Waals surface area (Å²) in [6, 6.07) is 7.10. The molecule has 0 N–H and O–H groups in total. The molecule has 0 saturated carbocycles. The lowest BCUT2D eigenvalue weighted by molar-refractivity contribution is 0.0525. The Kier molecular flexibility index (Phi) is 4.35. The molecule has 0 unspecified atom stereocenters. The standard InChI is InChI=1S/C13H9Cl2IO2/c1-2-18-13(17)10-6-9-7(4-12(10)16)3-8(14)5-11(9)15/h3-6H,2H2,1H3. The summed E-state index contributed by atoms with van der Waals surface area (Å²) in [4.78, 5) is 11.8. The van der Waals surface area contributed by atoms with Crippen molar-refractivity contribution in [2.45, 2.75) is 6.92 Å². The van der Waals surface area contributed by atoms with Crippen LogP contribution in [-0.2, 0) is 4.74 Å². The highest BCUT2D eigenvalue weighted by atomic mass is 127. The second-order valence-electron chi connectivity index (χ2n) is 3.66. The normalized spacial score (nSPS) is 10.7. The smallest absolute Gasteiger partial charge is 0.339 e. The fraction of sp³-hybridized carbons (Fsp3) is 0.154. The first-order valence-corrected chi connectivity index (χ1v) is 7.12. The van der Waals surface area contributed by atoms with Crippen molar-refractivity contribution in [1.29, 1.82) is 0 Å². The van der Waals surface area contributed by atoms with Gasteiger partial charge < -0.3 is 4.74 Å². The molecule has 0 radical (unpaired) electrons. The van der Waals surface area contributed by atoms with Gasteiger partial charge in [0.05, 0.1) is 12.2 Å². The van der Waals surface area contributed by atoms with E-state index >= 15 is 0 Å². The molecule has 0 heterocycles. The molecule has 0 aliphatic rings. The zero-order valence-corrected chi connectivity index (χ0v) is 13.1. The molecule has 2 aromatic rings. The molecule has 0 atom stereocenters. The minimum atomic E-state index is -0.338. The molecule has 0 fully saturated rings. The molecule has 18 heavy (non-hydrogen) atoms. The maximum atomic E-state index is 11.8. The predicted octanol–water partition coefficient (Wildman–Crippen LogP) is 4.93. The summed E-state index contributed by atoms with van der Waals surface area (Å²) < 4.78 is 5.82. The monoisotopic (exact) mass is 394 g/mol. The van der Waals surface area contributed by atoms with Crippen LogP contribution >= 0.6 is 45.8 Å². The maximum Gasteiger partial charge on any atom is 0.339 e. The molecular weight excluding hydrogens is 386 g/mol. The van der Waals surface area contributed by atoms with Crippen LogP contribution in [-0.4, -0.2) is 12.6 Å². The highest BCUT2D eigenvalue weighted by Gasteiger charge is 2.13. The number of hydrogen-bond acceptors (Lipinski definition) is 2. The molecule has 0 saturated heterocycles. The first-order chi connectivity index (χ1) is 8.52. The summed E-state index contributed by atoms with van der Waals surface area (Å²) in [5, 5.41) is 2.81. The second-order valence-corrected chi connectivity index (χ2v) is 5.67. The SMILES string of the molecule is CCOC(=O)c1cc2c(Cl)cc(Cl)cc2cc1I. The van der Waals surface area contributed by atoms with Crippen molar-refractivity contribution in [3.8, 4) is 0 Å². The number of benzene rings is 2. The zero-order chi connectivity index (χ0) is 13.3. The van der Waals surface area contributed by atoms with E-state index in [4.69, 9.17) is 27.9 Å². The fourth-order valence-electron chi connectivity index (χ4n) is 1.67. The van der Waals surface area contributed by atoms with Gasteiger partial charge in [-0.2, -0.15) is 0 Å². The lowest BCUT2D eigenvalue weighted by Gasteiger charge is -2.08. The average Bonchev–Trinajstić information content (AvgIpc) is 2.27. The van der Waals surface area contributed by atoms with Gasteiger partial charge in [0.25, 0.3) is 0 Å². The van der Waals surface area contributed by atoms with E-state index in [-0.39, 0.29) is 5.97 Å². The average molecular weight is 395 g/mol. The van der Waals surface area contributed by atoms with E-state index in [1.54, 1.807) is 19.1 Å². The van der Waals surface area contributed by atoms with E-state index in [0.717, 1.165) is 14.3 Å². The second kappa shape index (κ2) is 5.63. The van der Waals surface area contributed by atoms with Crippen LogP contribution in [0.3, 0.4) is 0 Å². The Morgan fingerprint density at radius 2 is 2.00 bits per heavy atom. The molecule has 94 valence electrons. The third-order valence-corrected chi connectivity index (χ3v) is 3.87. The minimum absolute atomic E-state index is 0.338. The summed E-state index contributed by atoms with van der Waals surface area (Å²) in [5.41, 5.74) is 0.522. The summed E-state index contributed by atoms with van der Waals surface area (Å²) in [6.07, 6.45) is 0. The van der Waals surface area contributed by atoms with Gasteiger partial charge in [-0.1, -0.05) is 23.2 Å². The van der Waals surface area contributed by atoms with Crippen LogP contribution < -0.4 is 0 Å². The molecule has 2 aromatic carbocycles. The summed E-state index contributed by atoms with van der Waals surface area (Å²) in [6.45, 7) is 2.12. The lowest BCUT2D eigenvalue weighted by Crippen LogP contribution is -2.06. The molecule has 0 bridgehead atoms. The number of carbonyl (C=O) groups excluding carboxylic acids is 1. The molecule has 0 aliphatic heterocycles. The van der Waals surface area contributed by atoms with E-state index in [1.165, 1.54) is 0 Å². The molecule has 0 aliphatic carbocycles. The molecule has 0 amide bonds. The number of halogens is 3. The van der Waals surface area contributed by atoms with Gasteiger partial charge in [-0.3, -0.25) is 0 Å². The minimum Gasteiger partial charge on any atom is -0.462 e. The van der Waals surface area contributed by atoms with Crippen molar-refractivity contribution >= 4 is 62.5 Å². The number of esters is 1. The maximum absolute atomic E-state index is 11.8. The fourth-order valence-corrected chi connectivity index (χ4v) is 2.94. The van der Waals surface area contributed by atoms with Crippen LogP contribution in [0, 0.1) is 3.57 Å². The van der Waals surface area contributed by atoms with Crippen molar-refractivity contribution in [1.82, 2.24) is 0 Å². The quantitative estimate of drug-likeness (QED) is 0.533. The topological polar surface area (TPSA) is 26.3 Å². The van der Waals surface area contributed by atoms with Gasteiger partial charge in [0.2, 0.25) is 0 Å². The summed E-state index contributed by atoms with van der Waals surface area (Å²) in [5.74, 6) is -0.338. The highest BCUT2D eigenvalue weighted by molar-refractivity contribution is 14.1. The van der Waals surface area contributed by atoms with Crippen LogP contribution in [0.25, 0.3) is 10.8 Å². The lowest BCUT2D eigenvalue weighted by atomic mass is 10.1. The third kappa shape index (κ3) is 2.73. The third-order valence-electron chi connectivity index (χ3n) is 2.45. The van der Waals surface area contributed by atoms with Gasteiger partial charge in [0.15, 0.2) is 0 Å². The molecule has 2 rings (SSSR count). The van der Waals surface area contributed by atoms with Gasteiger partial charge in [0, 0.05) is 19.0 Å². The first-order valence-electron chi connectivity index (χ1n) is 5.28. The van der Waals surface area contributed by atoms with Crippen molar-refractivity contribution in [3.05, 3.63) is 43.4 Å². The largest absolute Gasteiger partial charge is 0.462 e. The molecule has 0 aromatic heterocycles. The molecule has 0 spiro atoms.